The van der Waals surface area contributed by atoms with E-state index in [1.807, 2.05) is 12.1 Å². The van der Waals surface area contributed by atoms with E-state index < -0.39 is 0 Å². The van der Waals surface area contributed by atoms with E-state index in [4.69, 9.17) is 10.5 Å². The monoisotopic (exact) mass is 184 g/mol. The lowest BCUT2D eigenvalue weighted by Gasteiger charge is -1.99. The Morgan fingerprint density at radius 2 is 1.71 bits per heavy atom. The highest BCUT2D eigenvalue weighted by molar-refractivity contribution is 5.51. The number of hydrogen-bond acceptors (Lipinski definition) is 3. The lowest BCUT2D eigenvalue weighted by atomic mass is 10.0. The Kier molecular flexibility index (Phi) is 3.41. The Morgan fingerprint density at radius 1 is 1.14 bits per heavy atom. The molecule has 0 saturated heterocycles. The minimum atomic E-state index is 0.416. The number of carbonyl (C=O) groups excluding carboxylic acids is 1. The zero-order valence-electron chi connectivity index (χ0n) is 7.53. The molecule has 1 rings (SSSR count). The Hall–Kier alpha value is -2.13. The van der Waals surface area contributed by atoms with Gasteiger partial charge in [-0.3, -0.25) is 0 Å². The largest absolute Gasteiger partial charge is 0.303 e. The molecule has 0 aliphatic heterocycles. The summed E-state index contributed by atoms with van der Waals surface area (Å²) in [5, 5.41) is 17.4. The third-order valence-electron chi connectivity index (χ3n) is 1.80. The van der Waals surface area contributed by atoms with Crippen LogP contribution in [0.25, 0.3) is 0 Å². The first-order valence-corrected chi connectivity index (χ1v) is 4.18. The summed E-state index contributed by atoms with van der Waals surface area (Å²) in [5.74, 6) is 0. The van der Waals surface area contributed by atoms with Gasteiger partial charge in [-0.2, -0.15) is 10.5 Å². The van der Waals surface area contributed by atoms with Crippen molar-refractivity contribution in [1.82, 2.24) is 0 Å². The van der Waals surface area contributed by atoms with Crippen LogP contribution < -0.4 is 0 Å². The smallest absolute Gasteiger partial charge is 0.120 e. The van der Waals surface area contributed by atoms with Crippen molar-refractivity contribution in [3.63, 3.8) is 0 Å². The van der Waals surface area contributed by atoms with Crippen LogP contribution in [0.5, 0.6) is 0 Å². The third-order valence-corrected chi connectivity index (χ3v) is 1.80. The van der Waals surface area contributed by atoms with Gasteiger partial charge in [0.25, 0.3) is 0 Å². The first-order valence-electron chi connectivity index (χ1n) is 4.18. The lowest BCUT2D eigenvalue weighted by molar-refractivity contribution is -0.107. The molecule has 0 amide bonds. The maximum atomic E-state index is 10.2. The van der Waals surface area contributed by atoms with Crippen molar-refractivity contribution in [3.05, 3.63) is 34.9 Å². The molecule has 0 N–H and O–H groups in total. The summed E-state index contributed by atoms with van der Waals surface area (Å²) in [7, 11) is 0. The normalized spacial score (nSPS) is 8.71. The van der Waals surface area contributed by atoms with Crippen LogP contribution in [0.2, 0.25) is 0 Å². The molecule has 0 fully saturated rings. The molecule has 0 saturated carbocycles. The summed E-state index contributed by atoms with van der Waals surface area (Å²) >= 11 is 0. The van der Waals surface area contributed by atoms with E-state index in [1.54, 1.807) is 12.1 Å². The topological polar surface area (TPSA) is 64.7 Å². The van der Waals surface area contributed by atoms with Gasteiger partial charge in [0.1, 0.15) is 6.29 Å². The van der Waals surface area contributed by atoms with E-state index >= 15 is 0 Å². The van der Waals surface area contributed by atoms with Crippen LogP contribution in [0.4, 0.5) is 0 Å². The van der Waals surface area contributed by atoms with Gasteiger partial charge in [0.15, 0.2) is 0 Å². The molecule has 0 spiro atoms. The van der Waals surface area contributed by atoms with E-state index in [0.717, 1.165) is 11.8 Å². The number of aryl methyl sites for hydroxylation is 1. The molecule has 14 heavy (non-hydrogen) atoms. The molecule has 1 aromatic carbocycles. The Bertz CT molecular complexity index is 392. The number of nitriles is 2. The second-order valence-electron chi connectivity index (χ2n) is 2.85. The number of hydrogen-bond donors (Lipinski definition) is 0. The van der Waals surface area contributed by atoms with E-state index in [0.29, 0.717) is 24.0 Å². The summed E-state index contributed by atoms with van der Waals surface area (Å²) in [6.45, 7) is 0. The van der Waals surface area contributed by atoms with Gasteiger partial charge in [0.05, 0.1) is 23.3 Å². The summed E-state index contributed by atoms with van der Waals surface area (Å²) in [4.78, 5) is 10.2. The first-order chi connectivity index (χ1) is 6.80. The number of rotatable bonds is 3. The highest BCUT2D eigenvalue weighted by atomic mass is 16.1. The average molecular weight is 184 g/mol. The molecular formula is C11H8N2O. The van der Waals surface area contributed by atoms with Crippen molar-refractivity contribution in [2.75, 3.05) is 0 Å². The molecule has 0 bridgehead atoms. The molecule has 0 aromatic heterocycles. The highest BCUT2D eigenvalue weighted by Crippen LogP contribution is 2.10. The lowest BCUT2D eigenvalue weighted by Crippen LogP contribution is -1.89. The number of aldehydes is 1. The Morgan fingerprint density at radius 3 is 2.14 bits per heavy atom. The predicted octanol–water partition coefficient (Wildman–Crippen LogP) is 1.56. The predicted molar refractivity (Wildman–Crippen MR) is 50.3 cm³/mol. The number of nitrogens with zero attached hydrogens (tertiary/aromatic N) is 2. The van der Waals surface area contributed by atoms with Crippen molar-refractivity contribution < 1.29 is 4.79 Å². The highest BCUT2D eigenvalue weighted by Gasteiger charge is 1.99. The van der Waals surface area contributed by atoms with Gasteiger partial charge < -0.3 is 4.79 Å². The zero-order chi connectivity index (χ0) is 10.4. The van der Waals surface area contributed by atoms with Gasteiger partial charge >= 0.3 is 0 Å². The van der Waals surface area contributed by atoms with Crippen LogP contribution in [-0.4, -0.2) is 6.29 Å². The van der Waals surface area contributed by atoms with Crippen LogP contribution in [0.15, 0.2) is 18.2 Å². The SMILES string of the molecule is N#Cc1cc(C#N)cc(CCC=O)c1. The summed E-state index contributed by atoms with van der Waals surface area (Å²) in [6.07, 6.45) is 1.82. The van der Waals surface area contributed by atoms with Gasteiger partial charge in [-0.15, -0.1) is 0 Å². The van der Waals surface area contributed by atoms with Gasteiger partial charge in [-0.25, -0.2) is 0 Å². The Balaban J connectivity index is 3.01. The minimum absolute atomic E-state index is 0.416. The van der Waals surface area contributed by atoms with Crippen molar-refractivity contribution in [2.45, 2.75) is 12.8 Å². The van der Waals surface area contributed by atoms with Crippen LogP contribution >= 0.6 is 0 Å². The molecular weight excluding hydrogens is 176 g/mol. The molecule has 3 heteroatoms. The van der Waals surface area contributed by atoms with E-state index in [1.165, 1.54) is 6.07 Å². The van der Waals surface area contributed by atoms with Crippen molar-refractivity contribution >= 4 is 6.29 Å². The fraction of sp³-hybridized carbons (Fsp3) is 0.182. The molecule has 0 radical (unpaired) electrons. The minimum Gasteiger partial charge on any atom is -0.303 e. The Labute approximate surface area is 82.2 Å². The number of carbonyl (C=O) groups is 1. The molecule has 68 valence electrons. The fourth-order valence-electron chi connectivity index (χ4n) is 1.19. The van der Waals surface area contributed by atoms with E-state index in [-0.39, 0.29) is 0 Å². The maximum Gasteiger partial charge on any atom is 0.120 e. The molecule has 0 atom stereocenters. The standard InChI is InChI=1S/C11H8N2O/c12-7-10-4-9(2-1-3-14)5-11(6-10)8-13/h3-6H,1-2H2. The van der Waals surface area contributed by atoms with Gasteiger partial charge in [0, 0.05) is 6.42 Å². The summed E-state index contributed by atoms with van der Waals surface area (Å²) < 4.78 is 0. The quantitative estimate of drug-likeness (QED) is 0.669. The molecule has 0 aliphatic carbocycles. The van der Waals surface area contributed by atoms with Gasteiger partial charge in [-0.05, 0) is 30.2 Å². The fourth-order valence-corrected chi connectivity index (χ4v) is 1.19. The summed E-state index contributed by atoms with van der Waals surface area (Å²) in [5.41, 5.74) is 1.78. The van der Waals surface area contributed by atoms with Crippen LogP contribution in [0, 0.1) is 22.7 Å². The van der Waals surface area contributed by atoms with Crippen LogP contribution in [0.1, 0.15) is 23.1 Å². The van der Waals surface area contributed by atoms with Gasteiger partial charge in [0.2, 0.25) is 0 Å². The second-order valence-corrected chi connectivity index (χ2v) is 2.85. The molecule has 0 aliphatic rings. The van der Waals surface area contributed by atoms with Crippen molar-refractivity contribution in [3.8, 4) is 12.1 Å². The molecule has 0 unspecified atom stereocenters. The number of benzene rings is 1. The maximum absolute atomic E-state index is 10.2. The first kappa shape index (κ1) is 9.95. The van der Waals surface area contributed by atoms with Gasteiger partial charge in [-0.1, -0.05) is 0 Å². The molecule has 3 nitrogen and oxygen atoms in total. The van der Waals surface area contributed by atoms with Crippen LogP contribution in [-0.2, 0) is 11.2 Å². The van der Waals surface area contributed by atoms with E-state index in [9.17, 15) is 4.79 Å². The zero-order valence-corrected chi connectivity index (χ0v) is 7.53. The molecule has 1 aromatic rings. The molecule has 0 heterocycles. The second kappa shape index (κ2) is 4.79. The van der Waals surface area contributed by atoms with E-state index in [2.05, 4.69) is 0 Å². The van der Waals surface area contributed by atoms with Crippen molar-refractivity contribution in [1.29, 1.82) is 10.5 Å². The third kappa shape index (κ3) is 2.43. The summed E-state index contributed by atoms with van der Waals surface area (Å²) in [6, 6.07) is 8.89. The van der Waals surface area contributed by atoms with Crippen LogP contribution in [0.3, 0.4) is 0 Å². The average Bonchev–Trinajstić information content (AvgIpc) is 2.25. The van der Waals surface area contributed by atoms with Crippen molar-refractivity contribution in [2.24, 2.45) is 0 Å².